The predicted octanol–water partition coefficient (Wildman–Crippen LogP) is 1.66. The Hall–Kier alpha value is -1.20. The fraction of sp³-hybridized carbons (Fsp3) is 0.462. The first kappa shape index (κ1) is 13.2. The minimum atomic E-state index is -1.44. The molecule has 0 radical (unpaired) electrons. The highest BCUT2D eigenvalue weighted by Gasteiger charge is 2.19. The second kappa shape index (κ2) is 6.11. The van der Waals surface area contributed by atoms with Crippen LogP contribution in [-0.2, 0) is 20.1 Å². The van der Waals surface area contributed by atoms with Crippen molar-refractivity contribution in [1.29, 1.82) is 0 Å². The molecule has 0 aliphatic carbocycles. The monoisotopic (exact) mass is 267 g/mol. The Labute approximate surface area is 110 Å². The van der Waals surface area contributed by atoms with Gasteiger partial charge in [-0.2, -0.15) is 0 Å². The Morgan fingerprint density at radius 1 is 1.33 bits per heavy atom. The number of hydrogen-bond acceptors (Lipinski definition) is 3. The van der Waals surface area contributed by atoms with Gasteiger partial charge in [0.05, 0.1) is 11.5 Å². The van der Waals surface area contributed by atoms with Gasteiger partial charge in [0, 0.05) is 19.5 Å². The Morgan fingerprint density at radius 3 is 2.67 bits per heavy atom. The van der Waals surface area contributed by atoms with Gasteiger partial charge in [-0.3, -0.25) is 8.98 Å². The molecule has 1 atom stereocenters. The Balaban J connectivity index is 1.78. The average molecular weight is 267 g/mol. The minimum absolute atomic E-state index is 0.166. The summed E-state index contributed by atoms with van der Waals surface area (Å²) < 4.78 is 17.1. The van der Waals surface area contributed by atoms with Crippen LogP contribution >= 0.6 is 0 Å². The second-order valence-corrected chi connectivity index (χ2v) is 5.53. The molecule has 1 amide bonds. The van der Waals surface area contributed by atoms with Gasteiger partial charge < -0.3 is 4.90 Å². The SMILES string of the molecule is Cc1ccc(S(=O)OCCN2CCCC2=O)cc1. The molecule has 1 aliphatic rings. The number of rotatable bonds is 5. The van der Waals surface area contributed by atoms with Crippen LogP contribution in [0, 0.1) is 6.92 Å². The lowest BCUT2D eigenvalue weighted by Crippen LogP contribution is -2.28. The molecule has 1 aromatic rings. The topological polar surface area (TPSA) is 46.6 Å². The Kier molecular flexibility index (Phi) is 4.49. The standard InChI is InChI=1S/C13H17NO3S/c1-11-4-6-12(7-5-11)18(16)17-10-9-14-8-2-3-13(14)15/h4-7H,2-3,8-10H2,1H3. The minimum Gasteiger partial charge on any atom is -0.340 e. The average Bonchev–Trinajstić information content (AvgIpc) is 2.76. The highest BCUT2D eigenvalue weighted by Crippen LogP contribution is 2.11. The van der Waals surface area contributed by atoms with Crippen molar-refractivity contribution in [2.75, 3.05) is 19.7 Å². The molecule has 5 heteroatoms. The quantitative estimate of drug-likeness (QED) is 0.815. The van der Waals surface area contributed by atoms with Crippen molar-refractivity contribution in [3.63, 3.8) is 0 Å². The molecule has 0 saturated carbocycles. The molecule has 2 rings (SSSR count). The van der Waals surface area contributed by atoms with Crippen molar-refractivity contribution >= 4 is 17.0 Å². The van der Waals surface area contributed by atoms with Crippen molar-refractivity contribution in [1.82, 2.24) is 4.90 Å². The number of likely N-dealkylation sites (tertiary alicyclic amines) is 1. The van der Waals surface area contributed by atoms with E-state index < -0.39 is 11.1 Å². The molecule has 1 fully saturated rings. The molecule has 1 unspecified atom stereocenters. The smallest absolute Gasteiger partial charge is 0.222 e. The summed E-state index contributed by atoms with van der Waals surface area (Å²) in [6.07, 6.45) is 1.54. The van der Waals surface area contributed by atoms with E-state index in [1.54, 1.807) is 17.0 Å². The summed E-state index contributed by atoms with van der Waals surface area (Å²) in [5.41, 5.74) is 1.12. The molecule has 1 aromatic carbocycles. The molecule has 0 aromatic heterocycles. The van der Waals surface area contributed by atoms with Gasteiger partial charge in [-0.05, 0) is 25.5 Å². The van der Waals surface area contributed by atoms with Crippen LogP contribution in [0.4, 0.5) is 0 Å². The highest BCUT2D eigenvalue weighted by atomic mass is 32.2. The maximum Gasteiger partial charge on any atom is 0.222 e. The van der Waals surface area contributed by atoms with Crippen molar-refractivity contribution in [2.45, 2.75) is 24.7 Å². The largest absolute Gasteiger partial charge is 0.340 e. The molecule has 0 spiro atoms. The molecule has 1 aliphatic heterocycles. The zero-order valence-electron chi connectivity index (χ0n) is 10.4. The fourth-order valence-electron chi connectivity index (χ4n) is 1.88. The molecule has 1 saturated heterocycles. The molecular formula is C13H17NO3S. The summed E-state index contributed by atoms with van der Waals surface area (Å²) in [5, 5.41) is 0. The first-order valence-electron chi connectivity index (χ1n) is 6.06. The van der Waals surface area contributed by atoms with Crippen LogP contribution in [0.5, 0.6) is 0 Å². The number of hydrogen-bond donors (Lipinski definition) is 0. The van der Waals surface area contributed by atoms with Crippen molar-refractivity contribution in [3.05, 3.63) is 29.8 Å². The van der Waals surface area contributed by atoms with Gasteiger partial charge in [0.15, 0.2) is 11.1 Å². The third kappa shape index (κ3) is 3.40. The van der Waals surface area contributed by atoms with Crippen LogP contribution in [0.1, 0.15) is 18.4 Å². The van der Waals surface area contributed by atoms with Crippen molar-refractivity contribution < 1.29 is 13.2 Å². The number of carbonyl (C=O) groups is 1. The third-order valence-corrected chi connectivity index (χ3v) is 3.97. The van der Waals surface area contributed by atoms with E-state index in [1.165, 1.54) is 0 Å². The van der Waals surface area contributed by atoms with Crippen LogP contribution in [0.2, 0.25) is 0 Å². The number of carbonyl (C=O) groups excluding carboxylic acids is 1. The zero-order valence-corrected chi connectivity index (χ0v) is 11.2. The highest BCUT2D eigenvalue weighted by molar-refractivity contribution is 7.80. The van der Waals surface area contributed by atoms with Gasteiger partial charge in [-0.25, -0.2) is 4.21 Å². The van der Waals surface area contributed by atoms with Crippen LogP contribution in [0.3, 0.4) is 0 Å². The van der Waals surface area contributed by atoms with Gasteiger partial charge in [-0.1, -0.05) is 17.7 Å². The van der Waals surface area contributed by atoms with Crippen molar-refractivity contribution in [3.8, 4) is 0 Å². The van der Waals surface area contributed by atoms with Crippen LogP contribution in [-0.4, -0.2) is 34.7 Å². The Morgan fingerprint density at radius 2 is 2.06 bits per heavy atom. The van der Waals surface area contributed by atoms with E-state index in [1.807, 2.05) is 19.1 Å². The third-order valence-electron chi connectivity index (χ3n) is 2.94. The lowest BCUT2D eigenvalue weighted by Gasteiger charge is -2.14. The van der Waals surface area contributed by atoms with Gasteiger partial charge in [0.25, 0.3) is 0 Å². The van der Waals surface area contributed by atoms with E-state index in [4.69, 9.17) is 4.18 Å². The number of nitrogens with zero attached hydrogens (tertiary/aromatic N) is 1. The lowest BCUT2D eigenvalue weighted by atomic mass is 10.2. The lowest BCUT2D eigenvalue weighted by molar-refractivity contribution is -0.127. The van der Waals surface area contributed by atoms with E-state index in [0.717, 1.165) is 18.5 Å². The van der Waals surface area contributed by atoms with E-state index in [2.05, 4.69) is 0 Å². The molecule has 0 bridgehead atoms. The van der Waals surface area contributed by atoms with E-state index >= 15 is 0 Å². The van der Waals surface area contributed by atoms with E-state index in [-0.39, 0.29) is 5.91 Å². The summed E-state index contributed by atoms with van der Waals surface area (Å²) in [6, 6.07) is 7.40. The van der Waals surface area contributed by atoms with E-state index in [9.17, 15) is 9.00 Å². The van der Waals surface area contributed by atoms with Crippen molar-refractivity contribution in [2.24, 2.45) is 0 Å². The number of benzene rings is 1. The summed E-state index contributed by atoms with van der Waals surface area (Å²) in [7, 11) is 0. The first-order chi connectivity index (χ1) is 8.66. The molecule has 4 nitrogen and oxygen atoms in total. The van der Waals surface area contributed by atoms with Crippen LogP contribution in [0.25, 0.3) is 0 Å². The van der Waals surface area contributed by atoms with Gasteiger partial charge >= 0.3 is 0 Å². The number of aryl methyl sites for hydroxylation is 1. The number of amides is 1. The molecular weight excluding hydrogens is 250 g/mol. The molecule has 1 heterocycles. The molecule has 0 N–H and O–H groups in total. The molecule has 18 heavy (non-hydrogen) atoms. The Bertz CT molecular complexity index is 444. The van der Waals surface area contributed by atoms with Gasteiger partial charge in [0.2, 0.25) is 5.91 Å². The van der Waals surface area contributed by atoms with Gasteiger partial charge in [-0.15, -0.1) is 0 Å². The van der Waals surface area contributed by atoms with Crippen LogP contribution < -0.4 is 0 Å². The summed E-state index contributed by atoms with van der Waals surface area (Å²) in [6.45, 7) is 3.61. The zero-order chi connectivity index (χ0) is 13.0. The summed E-state index contributed by atoms with van der Waals surface area (Å²) >= 11 is -1.44. The van der Waals surface area contributed by atoms with Gasteiger partial charge in [0.1, 0.15) is 0 Å². The fourth-order valence-corrected chi connectivity index (χ4v) is 2.60. The summed E-state index contributed by atoms with van der Waals surface area (Å²) in [4.78, 5) is 13.8. The normalized spacial score (nSPS) is 17.2. The first-order valence-corrected chi connectivity index (χ1v) is 7.14. The second-order valence-electron chi connectivity index (χ2n) is 4.35. The maximum absolute atomic E-state index is 11.8. The van der Waals surface area contributed by atoms with E-state index in [0.29, 0.717) is 24.5 Å². The predicted molar refractivity (Wildman–Crippen MR) is 69.4 cm³/mol. The maximum atomic E-state index is 11.8. The summed E-state index contributed by atoms with van der Waals surface area (Å²) in [5.74, 6) is 0.166. The molecule has 98 valence electrons. The van der Waals surface area contributed by atoms with Crippen LogP contribution in [0.15, 0.2) is 29.2 Å².